The first-order valence-electron chi connectivity index (χ1n) is 24.4. The molecule has 0 N–H and O–H groups in total. The first kappa shape index (κ1) is 41.2. The van der Waals surface area contributed by atoms with Gasteiger partial charge in [-0.1, -0.05) is 153 Å². The van der Waals surface area contributed by atoms with Gasteiger partial charge in [-0.15, -0.1) is 0 Å². The number of rotatable bonds is 4. The van der Waals surface area contributed by atoms with Crippen LogP contribution in [0.2, 0.25) is 0 Å². The van der Waals surface area contributed by atoms with Crippen LogP contribution in [0.4, 0.5) is 34.1 Å². The average molecular weight is 860 g/mol. The van der Waals surface area contributed by atoms with Crippen LogP contribution in [0.3, 0.4) is 0 Å². The fourth-order valence-electron chi connectivity index (χ4n) is 12.8. The van der Waals surface area contributed by atoms with Gasteiger partial charge in [0.2, 0.25) is 0 Å². The van der Waals surface area contributed by atoms with E-state index in [0.29, 0.717) is 0 Å². The molecule has 0 amide bonds. The number of aryl methyl sites for hydroxylation is 3. The van der Waals surface area contributed by atoms with Gasteiger partial charge in [0.1, 0.15) is 0 Å². The van der Waals surface area contributed by atoms with Crippen molar-refractivity contribution in [2.75, 3.05) is 9.80 Å². The van der Waals surface area contributed by atoms with E-state index in [1.807, 2.05) is 0 Å². The third-order valence-corrected chi connectivity index (χ3v) is 16.5. The number of para-hydroxylation sites is 3. The second kappa shape index (κ2) is 13.7. The largest absolute Gasteiger partial charge is 0.311 e. The van der Waals surface area contributed by atoms with Crippen molar-refractivity contribution in [2.24, 2.45) is 0 Å². The number of anilines is 6. The van der Waals surface area contributed by atoms with E-state index < -0.39 is 0 Å². The molecule has 2 aliphatic carbocycles. The fraction of sp³-hybridized carbons (Fsp3) is 0.290. The summed E-state index contributed by atoms with van der Waals surface area (Å²) in [5.41, 5.74) is 27.8. The lowest BCUT2D eigenvalue weighted by atomic mass is 9.33. The molecular weight excluding hydrogens is 798 g/mol. The van der Waals surface area contributed by atoms with Crippen molar-refractivity contribution in [1.82, 2.24) is 4.57 Å². The summed E-state index contributed by atoms with van der Waals surface area (Å²) in [7, 11) is 0. The Balaban J connectivity index is 1.23. The minimum Gasteiger partial charge on any atom is -0.311 e. The number of benzene rings is 7. The Morgan fingerprint density at radius 3 is 1.83 bits per heavy atom. The Bertz CT molecular complexity index is 3340. The van der Waals surface area contributed by atoms with Crippen molar-refractivity contribution in [3.8, 4) is 16.9 Å². The summed E-state index contributed by atoms with van der Waals surface area (Å²) < 4.78 is 2.71. The number of hydrogen-bond acceptors (Lipinski definition) is 2. The second-order valence-electron chi connectivity index (χ2n) is 23.0. The third-order valence-electron chi connectivity index (χ3n) is 16.5. The highest BCUT2D eigenvalue weighted by Gasteiger charge is 2.48. The van der Waals surface area contributed by atoms with Crippen LogP contribution in [0.1, 0.15) is 120 Å². The second-order valence-corrected chi connectivity index (χ2v) is 23.0. The van der Waals surface area contributed by atoms with E-state index >= 15 is 0 Å². The molecular formula is C62H62BN3. The molecule has 0 atom stereocenters. The highest BCUT2D eigenvalue weighted by molar-refractivity contribution is 7.00. The predicted octanol–water partition coefficient (Wildman–Crippen LogP) is 14.6. The molecule has 4 heteroatoms. The summed E-state index contributed by atoms with van der Waals surface area (Å²) in [6.45, 7) is 28.8. The van der Waals surface area contributed by atoms with Crippen LogP contribution in [-0.2, 0) is 21.7 Å². The van der Waals surface area contributed by atoms with E-state index in [4.69, 9.17) is 0 Å². The molecule has 0 spiro atoms. The molecule has 0 bridgehead atoms. The smallest absolute Gasteiger partial charge is 0.252 e. The van der Waals surface area contributed by atoms with Gasteiger partial charge in [-0.25, -0.2) is 0 Å². The maximum Gasteiger partial charge on any atom is 0.252 e. The van der Waals surface area contributed by atoms with Gasteiger partial charge in [-0.3, -0.25) is 0 Å². The van der Waals surface area contributed by atoms with E-state index in [1.54, 1.807) is 0 Å². The Morgan fingerprint density at radius 2 is 1.17 bits per heavy atom. The molecule has 0 saturated carbocycles. The predicted molar refractivity (Wildman–Crippen MR) is 283 cm³/mol. The molecule has 0 fully saturated rings. The molecule has 2 aliphatic heterocycles. The summed E-state index contributed by atoms with van der Waals surface area (Å²) in [4.78, 5) is 5.20. The Hall–Kier alpha value is -6.26. The minimum absolute atomic E-state index is 0.0348. The SMILES string of the molecule is Cc1ccccc1N(c1ccc2c(c1)N(c1cc3c(cc1C)C(C)(C)CCC3(C)C)c1cc(C(C)(C)C)cc3c1B2c1cccc2c4c(n-3c12)-c1ccccc1C4(C)C)c1ccccc1C. The van der Waals surface area contributed by atoms with Gasteiger partial charge in [0.05, 0.1) is 5.69 Å². The van der Waals surface area contributed by atoms with Crippen LogP contribution < -0.4 is 26.2 Å². The summed E-state index contributed by atoms with van der Waals surface area (Å²) in [6, 6.07) is 51.8. The highest BCUT2D eigenvalue weighted by atomic mass is 15.2. The van der Waals surface area contributed by atoms with Crippen molar-refractivity contribution < 1.29 is 0 Å². The number of aromatic nitrogens is 1. The molecule has 0 unspecified atom stereocenters. The van der Waals surface area contributed by atoms with Crippen molar-refractivity contribution in [1.29, 1.82) is 0 Å². The molecule has 12 rings (SSSR count). The van der Waals surface area contributed by atoms with Crippen molar-refractivity contribution in [3.63, 3.8) is 0 Å². The topological polar surface area (TPSA) is 11.4 Å². The highest BCUT2D eigenvalue weighted by Crippen LogP contribution is 2.56. The van der Waals surface area contributed by atoms with Crippen LogP contribution in [0, 0.1) is 20.8 Å². The fourth-order valence-corrected chi connectivity index (χ4v) is 12.8. The maximum atomic E-state index is 2.71. The molecule has 66 heavy (non-hydrogen) atoms. The molecule has 328 valence electrons. The van der Waals surface area contributed by atoms with Gasteiger partial charge in [-0.2, -0.15) is 0 Å². The summed E-state index contributed by atoms with van der Waals surface area (Å²) >= 11 is 0. The zero-order valence-corrected chi connectivity index (χ0v) is 41.0. The first-order valence-corrected chi connectivity index (χ1v) is 24.4. The first-order chi connectivity index (χ1) is 31.4. The molecule has 1 aromatic heterocycles. The molecule has 4 aliphatic rings. The van der Waals surface area contributed by atoms with E-state index in [-0.39, 0.29) is 28.4 Å². The third kappa shape index (κ3) is 5.57. The normalized spacial score (nSPS) is 16.7. The summed E-state index contributed by atoms with van der Waals surface area (Å²) in [5, 5.41) is 1.37. The lowest BCUT2D eigenvalue weighted by Gasteiger charge is -2.45. The lowest BCUT2D eigenvalue weighted by molar-refractivity contribution is 0.332. The number of hydrogen-bond donors (Lipinski definition) is 0. The van der Waals surface area contributed by atoms with Gasteiger partial charge < -0.3 is 14.4 Å². The quantitative estimate of drug-likeness (QED) is 0.163. The minimum atomic E-state index is -0.146. The number of fused-ring (bicyclic) bond motifs is 10. The van der Waals surface area contributed by atoms with Gasteiger partial charge in [0, 0.05) is 61.7 Å². The molecule has 0 saturated heterocycles. The zero-order valence-electron chi connectivity index (χ0n) is 41.0. The van der Waals surface area contributed by atoms with Crippen LogP contribution in [0.5, 0.6) is 0 Å². The summed E-state index contributed by atoms with van der Waals surface area (Å²) in [6.07, 6.45) is 2.35. The van der Waals surface area contributed by atoms with Gasteiger partial charge in [0.15, 0.2) is 0 Å². The Kier molecular flexibility index (Phi) is 8.53. The zero-order chi connectivity index (χ0) is 46.0. The molecule has 7 aromatic carbocycles. The van der Waals surface area contributed by atoms with Crippen LogP contribution in [0.25, 0.3) is 27.8 Å². The Labute approximate surface area is 393 Å². The lowest BCUT2D eigenvalue weighted by Crippen LogP contribution is -2.60. The molecule has 3 nitrogen and oxygen atoms in total. The molecule has 0 radical (unpaired) electrons. The maximum absolute atomic E-state index is 2.71. The van der Waals surface area contributed by atoms with Gasteiger partial charge >= 0.3 is 0 Å². The standard InChI is InChI=1S/C62H62BN3/c1-37-20-13-17-26-49(37)64(50-27-18-14-21-38(50)2)41-28-29-47-52(35-41)65(51-36-46-45(32-39(51)3)60(7,8)30-31-61(46,9)10)53-33-40(59(4,5)6)34-54-56(53)63(47)48-25-19-23-43-55-58(66(54)57(43)48)42-22-15-16-24-44(42)62(55,11)12/h13-29,32-36H,30-31H2,1-12H3. The molecule has 3 heterocycles. The van der Waals surface area contributed by atoms with Gasteiger partial charge in [0.25, 0.3) is 6.71 Å². The van der Waals surface area contributed by atoms with E-state index in [9.17, 15) is 0 Å². The average Bonchev–Trinajstić information content (AvgIpc) is 3.75. The van der Waals surface area contributed by atoms with Crippen molar-refractivity contribution in [3.05, 3.63) is 178 Å². The monoisotopic (exact) mass is 860 g/mol. The van der Waals surface area contributed by atoms with E-state index in [1.165, 1.54) is 130 Å². The van der Waals surface area contributed by atoms with Crippen LogP contribution >= 0.6 is 0 Å². The number of nitrogens with zero attached hydrogens (tertiary/aromatic N) is 3. The Morgan fingerprint density at radius 1 is 0.545 bits per heavy atom. The van der Waals surface area contributed by atoms with Crippen LogP contribution in [-0.4, -0.2) is 11.3 Å². The molecule has 8 aromatic rings. The van der Waals surface area contributed by atoms with E-state index in [2.05, 4.69) is 231 Å². The van der Waals surface area contributed by atoms with Crippen molar-refractivity contribution >= 4 is 68.1 Å². The van der Waals surface area contributed by atoms with Gasteiger partial charge in [-0.05, 0) is 153 Å². The van der Waals surface area contributed by atoms with E-state index in [0.717, 1.165) is 5.69 Å². The van der Waals surface area contributed by atoms with Crippen LogP contribution in [0.15, 0.2) is 133 Å². The summed E-state index contributed by atoms with van der Waals surface area (Å²) in [5.74, 6) is 0. The van der Waals surface area contributed by atoms with Crippen molar-refractivity contribution in [2.45, 2.75) is 118 Å².